The number of nitrogens with one attached hydrogen (secondary N) is 2. The number of guanidine groups is 1. The average molecular weight is 404 g/mol. The first kappa shape index (κ1) is 21.5. The Labute approximate surface area is 175 Å². The van der Waals surface area contributed by atoms with Gasteiger partial charge in [-0.1, -0.05) is 18.2 Å². The number of nitrogens with zero attached hydrogens (tertiary/aromatic N) is 3. The molecule has 3 rings (SSSR count). The molecule has 156 valence electrons. The average Bonchev–Trinajstić information content (AvgIpc) is 3.47. The van der Waals surface area contributed by atoms with E-state index >= 15 is 0 Å². The van der Waals surface area contributed by atoms with Crippen LogP contribution in [0.25, 0.3) is 0 Å². The third-order valence-corrected chi connectivity index (χ3v) is 7.02. The normalized spacial score (nSPS) is 20.1. The second-order valence-corrected chi connectivity index (χ2v) is 9.61. The van der Waals surface area contributed by atoms with Crippen molar-refractivity contribution in [3.63, 3.8) is 0 Å². The first-order valence-corrected chi connectivity index (χ1v) is 11.7. The largest absolute Gasteiger partial charge is 0.357 e. The number of aliphatic imine (C=N–C) groups is 1. The highest BCUT2D eigenvalue weighted by Gasteiger charge is 2.43. The van der Waals surface area contributed by atoms with Crippen LogP contribution in [-0.2, 0) is 0 Å². The molecular weight excluding hydrogens is 366 g/mol. The summed E-state index contributed by atoms with van der Waals surface area (Å²) in [6.07, 6.45) is 4.98. The maximum absolute atomic E-state index is 4.90. The van der Waals surface area contributed by atoms with Gasteiger partial charge in [0.25, 0.3) is 0 Å². The Bertz CT molecular complexity index is 594. The first-order valence-electron chi connectivity index (χ1n) is 10.9. The van der Waals surface area contributed by atoms with E-state index in [4.69, 9.17) is 4.99 Å². The van der Waals surface area contributed by atoms with Gasteiger partial charge in [-0.25, -0.2) is 0 Å². The van der Waals surface area contributed by atoms with Gasteiger partial charge < -0.3 is 20.4 Å². The molecule has 0 amide bonds. The van der Waals surface area contributed by atoms with Crippen LogP contribution < -0.4 is 10.6 Å². The standard InChI is InChI=1S/C22H37N5S/c1-3-23-21(24-13-7-8-14-27-17-15-26(2)16-18-27)25-19-22(11-12-22)28-20-9-5-4-6-10-20/h4-6,9-10H,3,7-8,11-19H2,1-2H3,(H2,23,24,25). The van der Waals surface area contributed by atoms with E-state index in [0.717, 1.165) is 25.6 Å². The van der Waals surface area contributed by atoms with Gasteiger partial charge in [-0.2, -0.15) is 0 Å². The van der Waals surface area contributed by atoms with Crippen LogP contribution in [0.5, 0.6) is 0 Å². The van der Waals surface area contributed by atoms with E-state index in [1.807, 2.05) is 11.8 Å². The lowest BCUT2D eigenvalue weighted by molar-refractivity contribution is 0.152. The molecule has 1 heterocycles. The minimum Gasteiger partial charge on any atom is -0.357 e. The second kappa shape index (κ2) is 11.1. The number of hydrogen-bond acceptors (Lipinski definition) is 4. The van der Waals surface area contributed by atoms with Gasteiger partial charge in [0.2, 0.25) is 0 Å². The summed E-state index contributed by atoms with van der Waals surface area (Å²) in [6.45, 7) is 11.0. The summed E-state index contributed by atoms with van der Waals surface area (Å²) in [7, 11) is 2.22. The van der Waals surface area contributed by atoms with Gasteiger partial charge in [0.15, 0.2) is 5.96 Å². The summed E-state index contributed by atoms with van der Waals surface area (Å²) in [5.41, 5.74) is 0. The summed E-state index contributed by atoms with van der Waals surface area (Å²) in [5, 5.41) is 6.94. The number of thioether (sulfide) groups is 1. The number of rotatable bonds is 10. The van der Waals surface area contributed by atoms with Gasteiger partial charge in [0, 0.05) is 48.9 Å². The second-order valence-electron chi connectivity index (χ2n) is 8.07. The van der Waals surface area contributed by atoms with E-state index in [2.05, 4.69) is 64.7 Å². The Morgan fingerprint density at radius 3 is 2.50 bits per heavy atom. The zero-order chi connectivity index (χ0) is 19.7. The van der Waals surface area contributed by atoms with Crippen molar-refractivity contribution in [2.45, 2.75) is 42.2 Å². The molecule has 1 aliphatic carbocycles. The maximum Gasteiger partial charge on any atom is 0.191 e. The van der Waals surface area contributed by atoms with Crippen molar-refractivity contribution in [1.82, 2.24) is 20.4 Å². The Kier molecular flexibility index (Phi) is 8.49. The Morgan fingerprint density at radius 2 is 1.82 bits per heavy atom. The number of piperazine rings is 1. The van der Waals surface area contributed by atoms with Crippen LogP contribution in [0.15, 0.2) is 40.2 Å². The van der Waals surface area contributed by atoms with E-state index < -0.39 is 0 Å². The molecular formula is C22H37N5S. The number of unbranched alkanes of at least 4 members (excludes halogenated alkanes) is 1. The van der Waals surface area contributed by atoms with Gasteiger partial charge in [0.05, 0.1) is 6.54 Å². The molecule has 5 nitrogen and oxygen atoms in total. The summed E-state index contributed by atoms with van der Waals surface area (Å²) in [5.74, 6) is 0.974. The van der Waals surface area contributed by atoms with Crippen LogP contribution in [0.3, 0.4) is 0 Å². The summed E-state index contributed by atoms with van der Waals surface area (Å²) in [6, 6.07) is 10.7. The number of hydrogen-bond donors (Lipinski definition) is 2. The minimum absolute atomic E-state index is 0.311. The molecule has 2 fully saturated rings. The highest BCUT2D eigenvalue weighted by atomic mass is 32.2. The zero-order valence-electron chi connectivity index (χ0n) is 17.6. The third-order valence-electron chi connectivity index (χ3n) is 5.54. The summed E-state index contributed by atoms with van der Waals surface area (Å²) in [4.78, 5) is 11.3. The molecule has 1 saturated carbocycles. The topological polar surface area (TPSA) is 42.9 Å². The zero-order valence-corrected chi connectivity index (χ0v) is 18.4. The molecule has 0 aromatic heterocycles. The van der Waals surface area contributed by atoms with Gasteiger partial charge in [-0.15, -0.1) is 11.8 Å². The van der Waals surface area contributed by atoms with Crippen LogP contribution >= 0.6 is 11.8 Å². The highest BCUT2D eigenvalue weighted by Crippen LogP contribution is 2.51. The van der Waals surface area contributed by atoms with Crippen LogP contribution in [0, 0.1) is 0 Å². The molecule has 0 unspecified atom stereocenters. The summed E-state index contributed by atoms with van der Waals surface area (Å²) >= 11 is 1.99. The van der Waals surface area contributed by atoms with Crippen LogP contribution in [-0.4, -0.2) is 79.9 Å². The van der Waals surface area contributed by atoms with E-state index in [1.165, 1.54) is 63.3 Å². The molecule has 28 heavy (non-hydrogen) atoms. The smallest absolute Gasteiger partial charge is 0.191 e. The van der Waals surface area contributed by atoms with Crippen LogP contribution in [0.1, 0.15) is 32.6 Å². The van der Waals surface area contributed by atoms with E-state index in [9.17, 15) is 0 Å². The third kappa shape index (κ3) is 7.30. The SMILES string of the molecule is CCNC(=NCC1(Sc2ccccc2)CC1)NCCCCN1CCN(C)CC1. The number of benzene rings is 1. The van der Waals surface area contributed by atoms with Crippen molar-refractivity contribution in [3.8, 4) is 0 Å². The van der Waals surface area contributed by atoms with E-state index in [1.54, 1.807) is 0 Å². The van der Waals surface area contributed by atoms with Gasteiger partial charge in [-0.05, 0) is 58.3 Å². The van der Waals surface area contributed by atoms with Crippen molar-refractivity contribution < 1.29 is 0 Å². The lowest BCUT2D eigenvalue weighted by atomic mass is 10.2. The molecule has 1 saturated heterocycles. The van der Waals surface area contributed by atoms with E-state index in [0.29, 0.717) is 4.75 Å². The van der Waals surface area contributed by atoms with Crippen molar-refractivity contribution in [2.24, 2.45) is 4.99 Å². The minimum atomic E-state index is 0.311. The van der Waals surface area contributed by atoms with E-state index in [-0.39, 0.29) is 0 Å². The molecule has 0 bridgehead atoms. The Hall–Kier alpha value is -1.24. The van der Waals surface area contributed by atoms with Crippen LogP contribution in [0.2, 0.25) is 0 Å². The van der Waals surface area contributed by atoms with Gasteiger partial charge >= 0.3 is 0 Å². The molecule has 2 N–H and O–H groups in total. The Balaban J connectivity index is 1.36. The van der Waals surface area contributed by atoms with Gasteiger partial charge in [-0.3, -0.25) is 4.99 Å². The fourth-order valence-electron chi connectivity index (χ4n) is 3.47. The highest BCUT2D eigenvalue weighted by molar-refractivity contribution is 8.01. The fraction of sp³-hybridized carbons (Fsp3) is 0.682. The predicted molar refractivity (Wildman–Crippen MR) is 121 cm³/mol. The monoisotopic (exact) mass is 403 g/mol. The molecule has 1 aliphatic heterocycles. The Morgan fingerprint density at radius 1 is 1.07 bits per heavy atom. The molecule has 1 aromatic carbocycles. The molecule has 2 aliphatic rings. The molecule has 0 spiro atoms. The molecule has 1 aromatic rings. The van der Waals surface area contributed by atoms with Crippen molar-refractivity contribution >= 4 is 17.7 Å². The fourth-order valence-corrected chi connectivity index (χ4v) is 4.70. The lowest BCUT2D eigenvalue weighted by Gasteiger charge is -2.32. The molecule has 0 atom stereocenters. The van der Waals surface area contributed by atoms with Crippen molar-refractivity contribution in [3.05, 3.63) is 30.3 Å². The van der Waals surface area contributed by atoms with Crippen LogP contribution in [0.4, 0.5) is 0 Å². The van der Waals surface area contributed by atoms with Crippen molar-refractivity contribution in [2.75, 3.05) is 59.4 Å². The number of likely N-dealkylation sites (N-methyl/N-ethyl adjacent to an activating group) is 1. The first-order chi connectivity index (χ1) is 13.7. The quantitative estimate of drug-likeness (QED) is 0.357. The predicted octanol–water partition coefficient (Wildman–Crippen LogP) is 2.89. The van der Waals surface area contributed by atoms with Gasteiger partial charge in [0.1, 0.15) is 0 Å². The maximum atomic E-state index is 4.90. The molecule has 6 heteroatoms. The van der Waals surface area contributed by atoms with Crippen molar-refractivity contribution in [1.29, 1.82) is 0 Å². The molecule has 0 radical (unpaired) electrons. The lowest BCUT2D eigenvalue weighted by Crippen LogP contribution is -2.44. The summed E-state index contributed by atoms with van der Waals surface area (Å²) < 4.78 is 0.311.